The highest BCUT2D eigenvalue weighted by atomic mass is 28.3. The lowest BCUT2D eigenvalue weighted by Crippen LogP contribution is -2.54. The highest BCUT2D eigenvalue weighted by Gasteiger charge is 2.31. The number of nitrogens with two attached hydrogens (primary N) is 1. The largest absolute Gasteiger partial charge is 0.445 e. The van der Waals surface area contributed by atoms with Crippen molar-refractivity contribution in [3.05, 3.63) is 71.3 Å². The van der Waals surface area contributed by atoms with Crippen molar-refractivity contribution in [3.63, 3.8) is 0 Å². The van der Waals surface area contributed by atoms with Gasteiger partial charge in [0, 0.05) is 21.0 Å². The number of Topliss-reactive ketones (excluding diaryl/α,β-unsaturated/α-hetero) is 1. The first-order valence-corrected chi connectivity index (χ1v) is 16.7. The highest BCUT2D eigenvalue weighted by molar-refractivity contribution is 6.76. The van der Waals surface area contributed by atoms with E-state index >= 15 is 0 Å². The first-order valence-electron chi connectivity index (χ1n) is 13.0. The molecule has 2 aromatic rings. The number of ketones is 1. The minimum absolute atomic E-state index is 0.0665. The minimum atomic E-state index is -1.83. The van der Waals surface area contributed by atoms with Crippen LogP contribution in [0.25, 0.3) is 0 Å². The average molecular weight is 557 g/mol. The Morgan fingerprint density at radius 3 is 2.13 bits per heavy atom. The van der Waals surface area contributed by atoms with Gasteiger partial charge in [-0.15, -0.1) is 0 Å². The Labute approximate surface area is 230 Å². The zero-order chi connectivity index (χ0) is 28.8. The van der Waals surface area contributed by atoms with Gasteiger partial charge in [-0.1, -0.05) is 74.2 Å². The van der Waals surface area contributed by atoms with E-state index in [0.29, 0.717) is 12.5 Å². The molecule has 212 valence electrons. The molecule has 0 saturated carbocycles. The summed E-state index contributed by atoms with van der Waals surface area (Å²) in [5.74, 6) is -0.677. The van der Waals surface area contributed by atoms with Crippen LogP contribution in [0.2, 0.25) is 25.7 Å². The van der Waals surface area contributed by atoms with E-state index in [0.717, 1.165) is 16.7 Å². The molecular weight excluding hydrogens is 516 g/mol. The van der Waals surface area contributed by atoms with Crippen LogP contribution in [-0.2, 0) is 34.0 Å². The number of ether oxygens (including phenoxy) is 1. The van der Waals surface area contributed by atoms with E-state index in [1.54, 1.807) is 24.3 Å². The summed E-state index contributed by atoms with van der Waals surface area (Å²) in [5.41, 5.74) is 7.42. The molecule has 0 aromatic heterocycles. The van der Waals surface area contributed by atoms with E-state index in [4.69, 9.17) is 10.5 Å². The standard InChI is InChI=1S/C28H40N4O6Si/c1-39(2,3)19-24(32-28(37)38-18-22-8-5-4-6-9-22)26(35)31-23(10-7-15-30-27(29)36)25(34)16-20-11-13-21(17-33)14-12-20/h4-6,8-9,11-14,23-24,33H,7,10,15-19H2,1-3H3,(H,31,35)(H,32,37)(H3,29,30,36)/t23-,24+/m0/s1. The first-order chi connectivity index (χ1) is 18.5. The molecule has 0 unspecified atom stereocenters. The van der Waals surface area contributed by atoms with Gasteiger partial charge < -0.3 is 31.5 Å². The number of amides is 4. The third-order valence-corrected chi connectivity index (χ3v) is 7.53. The number of rotatable bonds is 15. The molecule has 0 saturated heterocycles. The second-order valence-electron chi connectivity index (χ2n) is 10.6. The van der Waals surface area contributed by atoms with Crippen molar-refractivity contribution in [1.82, 2.24) is 16.0 Å². The second kappa shape index (κ2) is 15.6. The third kappa shape index (κ3) is 12.6. The Kier molecular flexibility index (Phi) is 12.6. The molecule has 2 rings (SSSR count). The maximum absolute atomic E-state index is 13.4. The van der Waals surface area contributed by atoms with Gasteiger partial charge in [-0.05, 0) is 35.6 Å². The van der Waals surface area contributed by atoms with Crippen LogP contribution >= 0.6 is 0 Å². The van der Waals surface area contributed by atoms with Crippen LogP contribution in [0.5, 0.6) is 0 Å². The Hall–Kier alpha value is -3.70. The smallest absolute Gasteiger partial charge is 0.408 e. The highest BCUT2D eigenvalue weighted by Crippen LogP contribution is 2.14. The number of alkyl carbamates (subject to hydrolysis) is 1. The van der Waals surface area contributed by atoms with Crippen molar-refractivity contribution in [3.8, 4) is 0 Å². The second-order valence-corrected chi connectivity index (χ2v) is 16.2. The van der Waals surface area contributed by atoms with Gasteiger partial charge in [0.05, 0.1) is 12.6 Å². The Morgan fingerprint density at radius 1 is 0.897 bits per heavy atom. The lowest BCUT2D eigenvalue weighted by molar-refractivity contribution is -0.128. The van der Waals surface area contributed by atoms with Crippen molar-refractivity contribution < 1.29 is 29.0 Å². The number of aliphatic hydroxyl groups excluding tert-OH is 1. The van der Waals surface area contributed by atoms with Gasteiger partial charge in [0.15, 0.2) is 5.78 Å². The number of benzene rings is 2. The molecule has 0 radical (unpaired) electrons. The van der Waals surface area contributed by atoms with Gasteiger partial charge >= 0.3 is 12.1 Å². The fourth-order valence-electron chi connectivity index (χ4n) is 3.92. The molecular formula is C28H40N4O6Si. The van der Waals surface area contributed by atoms with Gasteiger partial charge in [-0.3, -0.25) is 9.59 Å². The Morgan fingerprint density at radius 2 is 1.54 bits per heavy atom. The zero-order valence-electron chi connectivity index (χ0n) is 22.9. The van der Waals surface area contributed by atoms with Crippen LogP contribution in [-0.4, -0.2) is 55.6 Å². The Bertz CT molecular complexity index is 1090. The SMILES string of the molecule is C[Si](C)(C)C[C@@H](NC(=O)OCc1ccccc1)C(=O)N[C@@H](CCCNC(N)=O)C(=O)Cc1ccc(CO)cc1. The van der Waals surface area contributed by atoms with E-state index in [1.807, 2.05) is 30.3 Å². The van der Waals surface area contributed by atoms with Crippen LogP contribution in [0.1, 0.15) is 29.5 Å². The van der Waals surface area contributed by atoms with Crippen LogP contribution in [0, 0.1) is 0 Å². The molecule has 2 aromatic carbocycles. The van der Waals surface area contributed by atoms with Gasteiger partial charge in [0.1, 0.15) is 12.6 Å². The summed E-state index contributed by atoms with van der Waals surface area (Å²) in [6.07, 6.45) is 0.0479. The van der Waals surface area contributed by atoms with Crippen LogP contribution in [0.3, 0.4) is 0 Å². The molecule has 0 aliphatic carbocycles. The Balaban J connectivity index is 2.11. The van der Waals surface area contributed by atoms with Crippen molar-refractivity contribution in [1.29, 1.82) is 0 Å². The molecule has 0 bridgehead atoms. The molecule has 39 heavy (non-hydrogen) atoms. The predicted molar refractivity (Wildman–Crippen MR) is 152 cm³/mol. The molecule has 0 heterocycles. The zero-order valence-corrected chi connectivity index (χ0v) is 23.9. The molecule has 4 amide bonds. The first kappa shape index (κ1) is 31.5. The molecule has 10 nitrogen and oxygen atoms in total. The summed E-state index contributed by atoms with van der Waals surface area (Å²) in [4.78, 5) is 50.2. The van der Waals surface area contributed by atoms with Gasteiger partial charge in [0.25, 0.3) is 0 Å². The monoisotopic (exact) mass is 556 g/mol. The molecule has 0 aliphatic heterocycles. The maximum Gasteiger partial charge on any atom is 0.408 e. The van der Waals surface area contributed by atoms with Crippen LogP contribution in [0.15, 0.2) is 54.6 Å². The number of nitrogens with one attached hydrogen (secondary N) is 3. The van der Waals surface area contributed by atoms with Crippen molar-refractivity contribution in [2.45, 2.75) is 70.2 Å². The number of aliphatic hydroxyl groups is 1. The number of hydrogen-bond donors (Lipinski definition) is 5. The van der Waals surface area contributed by atoms with Crippen molar-refractivity contribution >= 4 is 31.9 Å². The summed E-state index contributed by atoms with van der Waals surface area (Å²) < 4.78 is 5.32. The molecule has 0 aliphatic rings. The number of carbonyl (C=O) groups is 4. The number of hydrogen-bond acceptors (Lipinski definition) is 6. The van der Waals surface area contributed by atoms with E-state index < -0.39 is 38.2 Å². The average Bonchev–Trinajstić information content (AvgIpc) is 2.88. The molecule has 11 heteroatoms. The number of carbonyl (C=O) groups excluding carboxylic acids is 4. The minimum Gasteiger partial charge on any atom is -0.445 e. The quantitative estimate of drug-likeness (QED) is 0.167. The molecule has 6 N–H and O–H groups in total. The number of primary amides is 1. The van der Waals surface area contributed by atoms with Crippen LogP contribution < -0.4 is 21.7 Å². The summed E-state index contributed by atoms with van der Waals surface area (Å²) in [7, 11) is -1.83. The van der Waals surface area contributed by atoms with E-state index in [9.17, 15) is 24.3 Å². The van der Waals surface area contributed by atoms with Gasteiger partial charge in [-0.2, -0.15) is 0 Å². The lowest BCUT2D eigenvalue weighted by Gasteiger charge is -2.27. The summed E-state index contributed by atoms with van der Waals surface area (Å²) in [5, 5.41) is 17.3. The van der Waals surface area contributed by atoms with Gasteiger partial charge in [-0.25, -0.2) is 9.59 Å². The van der Waals surface area contributed by atoms with Crippen LogP contribution in [0.4, 0.5) is 9.59 Å². The van der Waals surface area contributed by atoms with Gasteiger partial charge in [0.2, 0.25) is 5.91 Å². The normalized spacial score (nSPS) is 12.6. The summed E-state index contributed by atoms with van der Waals surface area (Å²) in [6.45, 7) is 6.47. The topological polar surface area (TPSA) is 160 Å². The van der Waals surface area contributed by atoms with Crippen molar-refractivity contribution in [2.75, 3.05) is 6.54 Å². The third-order valence-electron chi connectivity index (χ3n) is 5.90. The number of urea groups is 1. The van der Waals surface area contributed by atoms with Crippen molar-refractivity contribution in [2.24, 2.45) is 5.73 Å². The molecule has 0 fully saturated rings. The molecule has 0 spiro atoms. The fraction of sp³-hybridized carbons (Fsp3) is 0.429. The van der Waals surface area contributed by atoms with E-state index in [-0.39, 0.29) is 38.4 Å². The van der Waals surface area contributed by atoms with E-state index in [2.05, 4.69) is 35.6 Å². The fourth-order valence-corrected chi connectivity index (χ4v) is 5.43. The summed E-state index contributed by atoms with van der Waals surface area (Å²) >= 11 is 0. The predicted octanol–water partition coefficient (Wildman–Crippen LogP) is 2.86. The van der Waals surface area contributed by atoms with E-state index in [1.165, 1.54) is 0 Å². The summed E-state index contributed by atoms with van der Waals surface area (Å²) in [6, 6.07) is 14.3. The maximum atomic E-state index is 13.4. The lowest BCUT2D eigenvalue weighted by atomic mass is 9.99. The molecule has 2 atom stereocenters.